The van der Waals surface area contributed by atoms with E-state index in [4.69, 9.17) is 0 Å². The van der Waals surface area contributed by atoms with Gasteiger partial charge in [-0.25, -0.2) is 13.2 Å². The molecule has 0 fully saturated rings. The van der Waals surface area contributed by atoms with Crippen molar-refractivity contribution in [3.63, 3.8) is 0 Å². The fraction of sp³-hybridized carbons (Fsp3) is 0.0769. The number of benzene rings is 2. The van der Waals surface area contributed by atoms with Crippen molar-refractivity contribution in [2.24, 2.45) is 0 Å². The normalized spacial score (nSPS) is 10.5. The molecule has 1 N–H and O–H groups in total. The first-order chi connectivity index (χ1) is 9.90. The maximum Gasteiger partial charge on any atom is 0.295 e. The smallest absolute Gasteiger partial charge is 0.295 e. The summed E-state index contributed by atoms with van der Waals surface area (Å²) in [6.45, 7) is -0.0396. The van der Waals surface area contributed by atoms with Crippen LogP contribution in [0.15, 0.2) is 34.8 Å². The lowest BCUT2D eigenvalue weighted by Gasteiger charge is -2.10. The molecule has 8 heteroatoms. The zero-order valence-electron chi connectivity index (χ0n) is 10.4. The van der Waals surface area contributed by atoms with Gasteiger partial charge < -0.3 is 5.32 Å². The molecule has 0 heterocycles. The molecule has 0 amide bonds. The third-order valence-corrected chi connectivity index (χ3v) is 3.48. The molecule has 0 unspecified atom stereocenters. The van der Waals surface area contributed by atoms with Gasteiger partial charge in [0, 0.05) is 17.1 Å². The van der Waals surface area contributed by atoms with Gasteiger partial charge >= 0.3 is 0 Å². The van der Waals surface area contributed by atoms with E-state index in [0.29, 0.717) is 16.1 Å². The summed E-state index contributed by atoms with van der Waals surface area (Å²) in [6, 6.07) is 5.38. The third kappa shape index (κ3) is 3.33. The molecule has 110 valence electrons. The maximum absolute atomic E-state index is 13.7. The summed E-state index contributed by atoms with van der Waals surface area (Å²) in [5.41, 5.74) is -0.585. The van der Waals surface area contributed by atoms with E-state index in [1.165, 1.54) is 18.2 Å². The van der Waals surface area contributed by atoms with Crippen molar-refractivity contribution in [3.8, 4) is 0 Å². The van der Waals surface area contributed by atoms with Crippen LogP contribution in [0, 0.1) is 27.6 Å². The van der Waals surface area contributed by atoms with E-state index in [1.807, 2.05) is 0 Å². The highest BCUT2D eigenvalue weighted by Gasteiger charge is 2.21. The van der Waals surface area contributed by atoms with Gasteiger partial charge in [0.05, 0.1) is 4.92 Å². The number of nitro benzene ring substituents is 1. The first-order valence-corrected chi connectivity index (χ1v) is 6.49. The molecule has 2 aromatic carbocycles. The van der Waals surface area contributed by atoms with Crippen LogP contribution in [0.2, 0.25) is 0 Å². The lowest BCUT2D eigenvalue weighted by molar-refractivity contribution is -0.384. The quantitative estimate of drug-likeness (QED) is 0.649. The first kappa shape index (κ1) is 15.3. The summed E-state index contributed by atoms with van der Waals surface area (Å²) in [5, 5.41) is 13.3. The Hall–Kier alpha value is -2.09. The van der Waals surface area contributed by atoms with Crippen molar-refractivity contribution in [2.45, 2.75) is 6.54 Å². The maximum atomic E-state index is 13.7. The van der Waals surface area contributed by atoms with Crippen LogP contribution in [0.25, 0.3) is 0 Å². The first-order valence-electron chi connectivity index (χ1n) is 5.70. The monoisotopic (exact) mass is 360 g/mol. The van der Waals surface area contributed by atoms with Crippen molar-refractivity contribution in [1.82, 2.24) is 0 Å². The largest absolute Gasteiger partial charge is 0.373 e. The van der Waals surface area contributed by atoms with Crippen molar-refractivity contribution >= 4 is 27.3 Å². The lowest BCUT2D eigenvalue weighted by Crippen LogP contribution is -2.06. The molecule has 0 spiro atoms. The van der Waals surface area contributed by atoms with E-state index in [0.717, 1.165) is 6.07 Å². The van der Waals surface area contributed by atoms with Gasteiger partial charge in [-0.05, 0) is 23.8 Å². The molecule has 2 aromatic rings. The number of hydrogen-bond acceptors (Lipinski definition) is 3. The SMILES string of the molecule is O=[N+]([O-])c1ccc(F)c(F)c1NCc1ccc(F)cc1Br. The van der Waals surface area contributed by atoms with Crippen LogP contribution in [0.4, 0.5) is 24.5 Å². The molecule has 0 aliphatic heterocycles. The van der Waals surface area contributed by atoms with Crippen molar-refractivity contribution in [3.05, 3.63) is 67.9 Å². The number of nitro groups is 1. The topological polar surface area (TPSA) is 55.2 Å². The van der Waals surface area contributed by atoms with Gasteiger partial charge in [-0.15, -0.1) is 0 Å². The van der Waals surface area contributed by atoms with Gasteiger partial charge in [0.15, 0.2) is 17.3 Å². The number of halogens is 4. The van der Waals surface area contributed by atoms with Crippen molar-refractivity contribution in [1.29, 1.82) is 0 Å². The minimum atomic E-state index is -1.33. The van der Waals surface area contributed by atoms with Crippen LogP contribution in [0.1, 0.15) is 5.56 Å². The second-order valence-corrected chi connectivity index (χ2v) is 4.96. The molecule has 21 heavy (non-hydrogen) atoms. The van der Waals surface area contributed by atoms with Crippen LogP contribution in [-0.4, -0.2) is 4.92 Å². The fourth-order valence-electron chi connectivity index (χ4n) is 1.71. The van der Waals surface area contributed by atoms with Gasteiger partial charge in [0.1, 0.15) is 5.82 Å². The molecule has 0 aromatic heterocycles. The molecule has 0 saturated carbocycles. The number of hydrogen-bond donors (Lipinski definition) is 1. The molecule has 2 rings (SSSR count). The minimum Gasteiger partial charge on any atom is -0.373 e. The highest BCUT2D eigenvalue weighted by atomic mass is 79.9. The Kier molecular flexibility index (Phi) is 4.46. The van der Waals surface area contributed by atoms with Gasteiger partial charge in [0.25, 0.3) is 5.69 Å². The van der Waals surface area contributed by atoms with E-state index >= 15 is 0 Å². The molecule has 0 aliphatic carbocycles. The summed E-state index contributed by atoms with van der Waals surface area (Å²) in [5.74, 6) is -2.99. The average Bonchev–Trinajstić information content (AvgIpc) is 2.41. The predicted molar refractivity (Wildman–Crippen MR) is 74.4 cm³/mol. The zero-order valence-corrected chi connectivity index (χ0v) is 12.0. The lowest BCUT2D eigenvalue weighted by atomic mass is 10.2. The summed E-state index contributed by atoms with van der Waals surface area (Å²) < 4.78 is 40.2. The van der Waals surface area contributed by atoms with Crippen molar-refractivity contribution in [2.75, 3.05) is 5.32 Å². The summed E-state index contributed by atoms with van der Waals surface area (Å²) in [6.07, 6.45) is 0. The van der Waals surface area contributed by atoms with E-state index in [1.54, 1.807) is 0 Å². The highest BCUT2D eigenvalue weighted by Crippen LogP contribution is 2.30. The summed E-state index contributed by atoms with van der Waals surface area (Å²) in [7, 11) is 0. The van der Waals surface area contributed by atoms with Crippen LogP contribution in [0.3, 0.4) is 0 Å². The Balaban J connectivity index is 2.31. The van der Waals surface area contributed by atoms with Crippen LogP contribution < -0.4 is 5.32 Å². The Morgan fingerprint density at radius 3 is 2.52 bits per heavy atom. The van der Waals surface area contributed by atoms with Gasteiger partial charge in [0.2, 0.25) is 0 Å². The standard InChI is InChI=1S/C13H8BrF3N2O2/c14-9-5-8(15)2-1-7(9)6-18-13-11(19(20)21)4-3-10(16)12(13)17/h1-5,18H,6H2. The third-order valence-electron chi connectivity index (χ3n) is 2.74. The Labute approximate surface area is 125 Å². The number of nitrogens with zero attached hydrogens (tertiary/aromatic N) is 1. The number of rotatable bonds is 4. The van der Waals surface area contributed by atoms with Crippen LogP contribution in [-0.2, 0) is 6.54 Å². The molecule has 0 aliphatic rings. The second-order valence-electron chi connectivity index (χ2n) is 4.10. The predicted octanol–water partition coefficient (Wildman–Crippen LogP) is 4.39. The molecule has 0 bridgehead atoms. The van der Waals surface area contributed by atoms with Crippen LogP contribution >= 0.6 is 15.9 Å². The van der Waals surface area contributed by atoms with Gasteiger partial charge in [-0.3, -0.25) is 10.1 Å². The van der Waals surface area contributed by atoms with Gasteiger partial charge in [-0.1, -0.05) is 22.0 Å². The Bertz CT molecular complexity index is 710. The number of nitrogens with one attached hydrogen (secondary N) is 1. The molecular formula is C13H8BrF3N2O2. The second kappa shape index (κ2) is 6.13. The summed E-state index contributed by atoms with van der Waals surface area (Å²) >= 11 is 3.12. The van der Waals surface area contributed by atoms with E-state index in [9.17, 15) is 23.3 Å². The van der Waals surface area contributed by atoms with E-state index in [2.05, 4.69) is 21.2 Å². The van der Waals surface area contributed by atoms with E-state index < -0.39 is 33.7 Å². The molecule has 0 saturated heterocycles. The minimum absolute atomic E-state index is 0.0396. The Morgan fingerprint density at radius 2 is 1.90 bits per heavy atom. The van der Waals surface area contributed by atoms with Crippen molar-refractivity contribution < 1.29 is 18.1 Å². The zero-order chi connectivity index (χ0) is 15.6. The fourth-order valence-corrected chi connectivity index (χ4v) is 2.20. The highest BCUT2D eigenvalue weighted by molar-refractivity contribution is 9.10. The summed E-state index contributed by atoms with van der Waals surface area (Å²) in [4.78, 5) is 10.0. The molecule has 0 atom stereocenters. The number of anilines is 1. The molecule has 0 radical (unpaired) electrons. The average molecular weight is 361 g/mol. The Morgan fingerprint density at radius 1 is 1.19 bits per heavy atom. The molecular weight excluding hydrogens is 353 g/mol. The van der Waals surface area contributed by atoms with Crippen LogP contribution in [0.5, 0.6) is 0 Å². The molecule has 4 nitrogen and oxygen atoms in total. The van der Waals surface area contributed by atoms with Gasteiger partial charge in [-0.2, -0.15) is 0 Å². The van der Waals surface area contributed by atoms with E-state index in [-0.39, 0.29) is 6.54 Å².